The standard InChI is InChI=1S/C9H15N3O2/c1-3-8(13)11-6-7(2)12-5-4-10-9(12)14/h3,7H,1,4-6H2,2H3,(H,10,14)(H,11,13). The van der Waals surface area contributed by atoms with Gasteiger partial charge in [-0.3, -0.25) is 4.79 Å². The van der Waals surface area contributed by atoms with Crippen molar-refractivity contribution in [3.63, 3.8) is 0 Å². The van der Waals surface area contributed by atoms with E-state index in [1.807, 2.05) is 6.92 Å². The minimum atomic E-state index is -0.212. The summed E-state index contributed by atoms with van der Waals surface area (Å²) in [6.45, 7) is 7.08. The number of carbonyl (C=O) groups is 2. The Kier molecular flexibility index (Phi) is 3.50. The molecule has 1 atom stereocenters. The first-order valence-corrected chi connectivity index (χ1v) is 4.60. The van der Waals surface area contributed by atoms with Gasteiger partial charge in [0.15, 0.2) is 0 Å². The third kappa shape index (κ3) is 2.48. The molecule has 14 heavy (non-hydrogen) atoms. The molecule has 5 nitrogen and oxygen atoms in total. The van der Waals surface area contributed by atoms with Gasteiger partial charge in [0, 0.05) is 25.7 Å². The molecule has 1 saturated heterocycles. The Balaban J connectivity index is 2.34. The Bertz CT molecular complexity index is 252. The monoisotopic (exact) mass is 197 g/mol. The molecule has 1 heterocycles. The first-order chi connectivity index (χ1) is 6.65. The lowest BCUT2D eigenvalue weighted by Gasteiger charge is -2.22. The molecule has 0 bridgehead atoms. The number of nitrogens with one attached hydrogen (secondary N) is 2. The van der Waals surface area contributed by atoms with Crippen LogP contribution in [0.15, 0.2) is 12.7 Å². The van der Waals surface area contributed by atoms with Crippen LogP contribution in [0, 0.1) is 0 Å². The average Bonchev–Trinajstić information content (AvgIpc) is 2.60. The molecule has 2 N–H and O–H groups in total. The van der Waals surface area contributed by atoms with E-state index in [0.29, 0.717) is 19.6 Å². The quantitative estimate of drug-likeness (QED) is 0.608. The minimum Gasteiger partial charge on any atom is -0.351 e. The minimum absolute atomic E-state index is 0.0152. The number of amides is 3. The molecule has 1 rings (SSSR count). The lowest BCUT2D eigenvalue weighted by Crippen LogP contribution is -2.43. The Morgan fingerprint density at radius 2 is 2.57 bits per heavy atom. The smallest absolute Gasteiger partial charge is 0.317 e. The van der Waals surface area contributed by atoms with E-state index in [0.717, 1.165) is 0 Å². The molecule has 0 aliphatic carbocycles. The SMILES string of the molecule is C=CC(=O)NCC(C)N1CCNC1=O. The lowest BCUT2D eigenvalue weighted by atomic mass is 10.3. The van der Waals surface area contributed by atoms with E-state index in [1.165, 1.54) is 6.08 Å². The summed E-state index contributed by atoms with van der Waals surface area (Å²) in [5, 5.41) is 5.36. The summed E-state index contributed by atoms with van der Waals surface area (Å²) in [6.07, 6.45) is 1.22. The number of hydrogen-bond acceptors (Lipinski definition) is 2. The van der Waals surface area contributed by atoms with Crippen molar-refractivity contribution in [3.05, 3.63) is 12.7 Å². The molecule has 0 aromatic carbocycles. The molecule has 0 saturated carbocycles. The van der Waals surface area contributed by atoms with E-state index in [-0.39, 0.29) is 18.0 Å². The third-order valence-corrected chi connectivity index (χ3v) is 2.18. The van der Waals surface area contributed by atoms with Crippen LogP contribution in [0.1, 0.15) is 6.92 Å². The Morgan fingerprint density at radius 1 is 1.86 bits per heavy atom. The fourth-order valence-corrected chi connectivity index (χ4v) is 1.34. The van der Waals surface area contributed by atoms with Crippen LogP contribution < -0.4 is 10.6 Å². The van der Waals surface area contributed by atoms with Gasteiger partial charge < -0.3 is 15.5 Å². The number of hydrogen-bond donors (Lipinski definition) is 2. The Hall–Kier alpha value is -1.52. The van der Waals surface area contributed by atoms with E-state index in [4.69, 9.17) is 0 Å². The molecule has 0 spiro atoms. The molecule has 1 aliphatic heterocycles. The van der Waals surface area contributed by atoms with Crippen molar-refractivity contribution in [2.24, 2.45) is 0 Å². The van der Waals surface area contributed by atoms with Crippen LogP contribution >= 0.6 is 0 Å². The van der Waals surface area contributed by atoms with Gasteiger partial charge >= 0.3 is 6.03 Å². The van der Waals surface area contributed by atoms with Crippen LogP contribution in [0.3, 0.4) is 0 Å². The molecular weight excluding hydrogens is 182 g/mol. The Labute approximate surface area is 83.1 Å². The molecule has 1 unspecified atom stereocenters. The van der Waals surface area contributed by atoms with Crippen molar-refractivity contribution in [1.82, 2.24) is 15.5 Å². The van der Waals surface area contributed by atoms with Gasteiger partial charge in [0.05, 0.1) is 0 Å². The second kappa shape index (κ2) is 4.64. The summed E-state index contributed by atoms with van der Waals surface area (Å²) in [4.78, 5) is 23.8. The number of urea groups is 1. The lowest BCUT2D eigenvalue weighted by molar-refractivity contribution is -0.116. The summed E-state index contributed by atoms with van der Waals surface area (Å²) in [5.74, 6) is -0.212. The predicted octanol–water partition coefficient (Wildman–Crippen LogP) is -0.298. The van der Waals surface area contributed by atoms with Crippen molar-refractivity contribution >= 4 is 11.9 Å². The van der Waals surface area contributed by atoms with Gasteiger partial charge in [-0.2, -0.15) is 0 Å². The van der Waals surface area contributed by atoms with Gasteiger partial charge in [0.1, 0.15) is 0 Å². The Morgan fingerprint density at radius 3 is 3.07 bits per heavy atom. The van der Waals surface area contributed by atoms with Crippen molar-refractivity contribution < 1.29 is 9.59 Å². The zero-order valence-electron chi connectivity index (χ0n) is 8.25. The van der Waals surface area contributed by atoms with Crippen LogP contribution in [0.4, 0.5) is 4.79 Å². The largest absolute Gasteiger partial charge is 0.351 e. The summed E-state index contributed by atoms with van der Waals surface area (Å²) in [6, 6.07) is -0.0493. The summed E-state index contributed by atoms with van der Waals surface area (Å²) in [5.41, 5.74) is 0. The molecule has 0 aromatic rings. The first kappa shape index (κ1) is 10.6. The second-order valence-electron chi connectivity index (χ2n) is 3.22. The predicted molar refractivity (Wildman–Crippen MR) is 52.8 cm³/mol. The molecule has 78 valence electrons. The molecule has 3 amide bonds. The molecule has 0 aromatic heterocycles. The van der Waals surface area contributed by atoms with Gasteiger partial charge in [0.2, 0.25) is 5.91 Å². The van der Waals surface area contributed by atoms with E-state index in [1.54, 1.807) is 4.90 Å². The molecule has 0 radical (unpaired) electrons. The van der Waals surface area contributed by atoms with Gasteiger partial charge in [-0.15, -0.1) is 0 Å². The molecular formula is C9H15N3O2. The summed E-state index contributed by atoms with van der Waals surface area (Å²) >= 11 is 0. The zero-order chi connectivity index (χ0) is 10.6. The normalized spacial score (nSPS) is 17.5. The second-order valence-corrected chi connectivity index (χ2v) is 3.22. The van der Waals surface area contributed by atoms with Crippen molar-refractivity contribution in [2.75, 3.05) is 19.6 Å². The van der Waals surface area contributed by atoms with E-state index in [9.17, 15) is 9.59 Å². The van der Waals surface area contributed by atoms with E-state index < -0.39 is 0 Å². The van der Waals surface area contributed by atoms with Crippen LogP contribution in [0.2, 0.25) is 0 Å². The fourth-order valence-electron chi connectivity index (χ4n) is 1.34. The van der Waals surface area contributed by atoms with Gasteiger partial charge in [0.25, 0.3) is 0 Å². The van der Waals surface area contributed by atoms with Crippen LogP contribution in [0.25, 0.3) is 0 Å². The fraction of sp³-hybridized carbons (Fsp3) is 0.556. The molecule has 1 fully saturated rings. The maximum Gasteiger partial charge on any atom is 0.317 e. The van der Waals surface area contributed by atoms with Crippen molar-refractivity contribution in [3.8, 4) is 0 Å². The highest BCUT2D eigenvalue weighted by molar-refractivity contribution is 5.86. The number of rotatable bonds is 4. The van der Waals surface area contributed by atoms with Crippen LogP contribution in [0.5, 0.6) is 0 Å². The van der Waals surface area contributed by atoms with Crippen LogP contribution in [-0.2, 0) is 4.79 Å². The average molecular weight is 197 g/mol. The maximum absolute atomic E-state index is 11.2. The highest BCUT2D eigenvalue weighted by atomic mass is 16.2. The number of carbonyl (C=O) groups excluding carboxylic acids is 2. The zero-order valence-corrected chi connectivity index (χ0v) is 8.25. The summed E-state index contributed by atoms with van der Waals surface area (Å²) in [7, 11) is 0. The van der Waals surface area contributed by atoms with Crippen molar-refractivity contribution in [2.45, 2.75) is 13.0 Å². The van der Waals surface area contributed by atoms with Gasteiger partial charge in [-0.05, 0) is 13.0 Å². The van der Waals surface area contributed by atoms with Gasteiger partial charge in [-0.25, -0.2) is 4.79 Å². The third-order valence-electron chi connectivity index (χ3n) is 2.18. The first-order valence-electron chi connectivity index (χ1n) is 4.60. The van der Waals surface area contributed by atoms with E-state index in [2.05, 4.69) is 17.2 Å². The highest BCUT2D eigenvalue weighted by Gasteiger charge is 2.24. The molecule has 1 aliphatic rings. The van der Waals surface area contributed by atoms with Crippen LogP contribution in [-0.4, -0.2) is 42.5 Å². The number of nitrogens with zero attached hydrogens (tertiary/aromatic N) is 1. The topological polar surface area (TPSA) is 61.4 Å². The summed E-state index contributed by atoms with van der Waals surface area (Å²) < 4.78 is 0. The highest BCUT2D eigenvalue weighted by Crippen LogP contribution is 2.02. The van der Waals surface area contributed by atoms with Crippen molar-refractivity contribution in [1.29, 1.82) is 0 Å². The molecule has 5 heteroatoms. The van der Waals surface area contributed by atoms with Gasteiger partial charge in [-0.1, -0.05) is 6.58 Å². The maximum atomic E-state index is 11.2. The van der Waals surface area contributed by atoms with E-state index >= 15 is 0 Å².